The molecule has 0 aliphatic heterocycles. The Labute approximate surface area is 154 Å². The van der Waals surface area contributed by atoms with Crippen molar-refractivity contribution < 1.29 is 22.7 Å². The number of nitrogens with one attached hydrogen (secondary N) is 1. The topological polar surface area (TPSA) is 43.3 Å². The third kappa shape index (κ3) is 4.61. The number of carbonyl (C=O) groups is 1. The van der Waals surface area contributed by atoms with Crippen LogP contribution in [-0.4, -0.2) is 23.6 Å². The molecule has 0 atom stereocenters. The molecule has 0 fully saturated rings. The lowest BCUT2D eigenvalue weighted by Crippen LogP contribution is -2.29. The predicted octanol–water partition coefficient (Wildman–Crippen LogP) is 3.93. The average molecular weight is 376 g/mol. The second kappa shape index (κ2) is 7.73. The van der Waals surface area contributed by atoms with Gasteiger partial charge in [0.1, 0.15) is 12.4 Å². The van der Waals surface area contributed by atoms with Crippen molar-refractivity contribution in [3.05, 3.63) is 65.9 Å². The largest absolute Gasteiger partial charge is 0.492 e. The molecule has 0 bridgehead atoms. The SMILES string of the molecule is Cn1cc(CC(=O)NCCOc2ccc(C(F)(F)F)cc2)c2ccccc21. The number of para-hydroxylation sites is 1. The molecule has 0 saturated heterocycles. The van der Waals surface area contributed by atoms with Gasteiger partial charge in [0, 0.05) is 24.1 Å². The number of alkyl halides is 3. The van der Waals surface area contributed by atoms with E-state index in [0.717, 1.165) is 28.6 Å². The van der Waals surface area contributed by atoms with E-state index in [1.165, 1.54) is 12.1 Å². The smallest absolute Gasteiger partial charge is 0.416 e. The Bertz CT molecular complexity index is 931. The van der Waals surface area contributed by atoms with Crippen molar-refractivity contribution in [2.75, 3.05) is 13.2 Å². The van der Waals surface area contributed by atoms with Crippen molar-refractivity contribution in [1.82, 2.24) is 9.88 Å². The molecule has 0 aliphatic rings. The molecule has 0 unspecified atom stereocenters. The first-order chi connectivity index (χ1) is 12.8. The first kappa shape index (κ1) is 18.8. The number of aryl methyl sites for hydroxylation is 1. The molecule has 27 heavy (non-hydrogen) atoms. The fraction of sp³-hybridized carbons (Fsp3) is 0.250. The zero-order valence-corrected chi connectivity index (χ0v) is 14.7. The van der Waals surface area contributed by atoms with Crippen molar-refractivity contribution in [3.8, 4) is 5.75 Å². The number of nitrogens with zero attached hydrogens (tertiary/aromatic N) is 1. The highest BCUT2D eigenvalue weighted by molar-refractivity contribution is 5.89. The van der Waals surface area contributed by atoms with Gasteiger partial charge in [-0.3, -0.25) is 4.79 Å². The van der Waals surface area contributed by atoms with Gasteiger partial charge in [0.2, 0.25) is 5.91 Å². The van der Waals surface area contributed by atoms with Gasteiger partial charge >= 0.3 is 6.18 Å². The third-order valence-electron chi connectivity index (χ3n) is 4.21. The highest BCUT2D eigenvalue weighted by Crippen LogP contribution is 2.30. The number of halogens is 3. The number of ether oxygens (including phenoxy) is 1. The van der Waals surface area contributed by atoms with E-state index in [0.29, 0.717) is 5.75 Å². The number of amides is 1. The zero-order chi connectivity index (χ0) is 19.4. The van der Waals surface area contributed by atoms with Gasteiger partial charge in [-0.05, 0) is 35.9 Å². The summed E-state index contributed by atoms with van der Waals surface area (Å²) in [6, 6.07) is 12.3. The normalized spacial score (nSPS) is 11.6. The fourth-order valence-corrected chi connectivity index (χ4v) is 2.90. The molecule has 3 aromatic rings. The van der Waals surface area contributed by atoms with Crippen molar-refractivity contribution in [2.24, 2.45) is 7.05 Å². The van der Waals surface area contributed by atoms with Gasteiger partial charge in [-0.25, -0.2) is 0 Å². The number of aromatic nitrogens is 1. The van der Waals surface area contributed by atoms with Crippen LogP contribution < -0.4 is 10.1 Å². The molecule has 142 valence electrons. The van der Waals surface area contributed by atoms with Crippen molar-refractivity contribution >= 4 is 16.8 Å². The van der Waals surface area contributed by atoms with E-state index in [1.54, 1.807) is 0 Å². The summed E-state index contributed by atoms with van der Waals surface area (Å²) in [6.07, 6.45) is -2.18. The Kier molecular flexibility index (Phi) is 5.39. The maximum Gasteiger partial charge on any atom is 0.416 e. The zero-order valence-electron chi connectivity index (χ0n) is 14.7. The van der Waals surface area contributed by atoms with Crippen molar-refractivity contribution in [2.45, 2.75) is 12.6 Å². The first-order valence-corrected chi connectivity index (χ1v) is 8.44. The first-order valence-electron chi connectivity index (χ1n) is 8.44. The summed E-state index contributed by atoms with van der Waals surface area (Å²) in [7, 11) is 1.93. The highest BCUT2D eigenvalue weighted by Gasteiger charge is 2.29. The molecule has 3 rings (SSSR count). The third-order valence-corrected chi connectivity index (χ3v) is 4.21. The molecule has 1 amide bonds. The number of rotatable bonds is 6. The van der Waals surface area contributed by atoms with Crippen LogP contribution in [0.4, 0.5) is 13.2 Å². The lowest BCUT2D eigenvalue weighted by Gasteiger charge is -2.10. The minimum absolute atomic E-state index is 0.137. The number of hydrogen-bond acceptors (Lipinski definition) is 2. The Morgan fingerprint density at radius 1 is 1.11 bits per heavy atom. The van der Waals surface area contributed by atoms with Crippen LogP contribution in [0, 0.1) is 0 Å². The Hall–Kier alpha value is -2.96. The number of fused-ring (bicyclic) bond motifs is 1. The molecular weight excluding hydrogens is 357 g/mol. The minimum atomic E-state index is -4.37. The summed E-state index contributed by atoms with van der Waals surface area (Å²) in [4.78, 5) is 12.1. The molecule has 0 saturated carbocycles. The maximum absolute atomic E-state index is 12.5. The average Bonchev–Trinajstić information content (AvgIpc) is 2.94. The van der Waals surface area contributed by atoms with Gasteiger partial charge in [-0.1, -0.05) is 18.2 Å². The molecule has 4 nitrogen and oxygen atoms in total. The Morgan fingerprint density at radius 3 is 2.52 bits per heavy atom. The molecule has 1 aromatic heterocycles. The number of hydrogen-bond donors (Lipinski definition) is 1. The number of benzene rings is 2. The lowest BCUT2D eigenvalue weighted by molar-refractivity contribution is -0.137. The quantitative estimate of drug-likeness (QED) is 0.663. The summed E-state index contributed by atoms with van der Waals surface area (Å²) in [5, 5.41) is 3.80. The van der Waals surface area contributed by atoms with Crippen LogP contribution >= 0.6 is 0 Å². The number of carbonyl (C=O) groups excluding carboxylic acids is 1. The van der Waals surface area contributed by atoms with Gasteiger partial charge in [-0.15, -0.1) is 0 Å². The van der Waals surface area contributed by atoms with E-state index in [-0.39, 0.29) is 25.5 Å². The Morgan fingerprint density at radius 2 is 1.81 bits per heavy atom. The Balaban J connectivity index is 1.47. The van der Waals surface area contributed by atoms with Gasteiger partial charge in [0.15, 0.2) is 0 Å². The van der Waals surface area contributed by atoms with E-state index >= 15 is 0 Å². The molecule has 7 heteroatoms. The summed E-state index contributed by atoms with van der Waals surface area (Å²) in [5.41, 5.74) is 1.28. The van der Waals surface area contributed by atoms with E-state index in [1.807, 2.05) is 42.1 Å². The molecule has 1 heterocycles. The summed E-state index contributed by atoms with van der Waals surface area (Å²) >= 11 is 0. The molecule has 0 aliphatic carbocycles. The minimum Gasteiger partial charge on any atom is -0.492 e. The molecule has 1 N–H and O–H groups in total. The molecular formula is C20H19F3N2O2. The fourth-order valence-electron chi connectivity index (χ4n) is 2.90. The lowest BCUT2D eigenvalue weighted by atomic mass is 10.1. The van der Waals surface area contributed by atoms with Crippen LogP contribution in [0.15, 0.2) is 54.7 Å². The molecule has 0 radical (unpaired) electrons. The van der Waals surface area contributed by atoms with Gasteiger partial charge in [-0.2, -0.15) is 13.2 Å². The van der Waals surface area contributed by atoms with Crippen LogP contribution in [0.1, 0.15) is 11.1 Å². The summed E-state index contributed by atoms with van der Waals surface area (Å²) in [5.74, 6) is 0.189. The predicted molar refractivity (Wildman–Crippen MR) is 96.6 cm³/mol. The van der Waals surface area contributed by atoms with E-state index < -0.39 is 11.7 Å². The van der Waals surface area contributed by atoms with Crippen LogP contribution in [0.25, 0.3) is 10.9 Å². The monoisotopic (exact) mass is 376 g/mol. The summed E-state index contributed by atoms with van der Waals surface area (Å²) in [6.45, 7) is 0.442. The molecule has 2 aromatic carbocycles. The van der Waals surface area contributed by atoms with Crippen LogP contribution in [-0.2, 0) is 24.4 Å². The van der Waals surface area contributed by atoms with Crippen molar-refractivity contribution in [3.63, 3.8) is 0 Å². The van der Waals surface area contributed by atoms with Crippen LogP contribution in [0.5, 0.6) is 5.75 Å². The second-order valence-electron chi connectivity index (χ2n) is 6.18. The highest BCUT2D eigenvalue weighted by atomic mass is 19.4. The van der Waals surface area contributed by atoms with Crippen LogP contribution in [0.3, 0.4) is 0 Å². The van der Waals surface area contributed by atoms with Crippen molar-refractivity contribution in [1.29, 1.82) is 0 Å². The standard InChI is InChI=1S/C20H19F3N2O2/c1-25-13-14(17-4-2-3-5-18(17)25)12-19(26)24-10-11-27-16-8-6-15(7-9-16)20(21,22)23/h2-9,13H,10-12H2,1H3,(H,24,26). The van der Waals surface area contributed by atoms with E-state index in [9.17, 15) is 18.0 Å². The van der Waals surface area contributed by atoms with Gasteiger partial charge in [0.25, 0.3) is 0 Å². The second-order valence-corrected chi connectivity index (χ2v) is 6.18. The summed E-state index contributed by atoms with van der Waals surface area (Å²) < 4.78 is 44.8. The van der Waals surface area contributed by atoms with Crippen LogP contribution in [0.2, 0.25) is 0 Å². The molecule has 0 spiro atoms. The maximum atomic E-state index is 12.5. The van der Waals surface area contributed by atoms with E-state index in [4.69, 9.17) is 4.74 Å². The van der Waals surface area contributed by atoms with E-state index in [2.05, 4.69) is 5.32 Å². The van der Waals surface area contributed by atoms with Gasteiger partial charge in [0.05, 0.1) is 18.5 Å². The van der Waals surface area contributed by atoms with Gasteiger partial charge < -0.3 is 14.6 Å².